The summed E-state index contributed by atoms with van der Waals surface area (Å²) in [7, 11) is 2.02. The molecule has 0 amide bonds. The van der Waals surface area contributed by atoms with Crippen molar-refractivity contribution in [2.24, 2.45) is 0 Å². The number of aliphatic hydroxyl groups is 1. The highest BCUT2D eigenvalue weighted by Gasteiger charge is 2.10. The van der Waals surface area contributed by atoms with Gasteiger partial charge in [-0.15, -0.1) is 0 Å². The van der Waals surface area contributed by atoms with Gasteiger partial charge in [0.25, 0.3) is 0 Å². The van der Waals surface area contributed by atoms with Crippen molar-refractivity contribution < 1.29 is 5.11 Å². The third kappa shape index (κ3) is 2.82. The predicted octanol–water partition coefficient (Wildman–Crippen LogP) is 1.98. The van der Waals surface area contributed by atoms with Gasteiger partial charge in [0.2, 0.25) is 0 Å². The summed E-state index contributed by atoms with van der Waals surface area (Å²) in [5.74, 6) is 0. The van der Waals surface area contributed by atoms with Crippen molar-refractivity contribution in [1.82, 2.24) is 4.90 Å². The van der Waals surface area contributed by atoms with Gasteiger partial charge in [-0.1, -0.05) is 31.2 Å². The summed E-state index contributed by atoms with van der Waals surface area (Å²) in [6.07, 6.45) is -0.374. The molecule has 1 unspecified atom stereocenters. The lowest BCUT2D eigenvalue weighted by atomic mass is 10.0. The topological polar surface area (TPSA) is 23.5 Å². The van der Waals surface area contributed by atoms with Crippen LogP contribution in [0, 0.1) is 6.92 Å². The molecule has 0 aliphatic rings. The van der Waals surface area contributed by atoms with Gasteiger partial charge in [-0.05, 0) is 31.6 Å². The fourth-order valence-electron chi connectivity index (χ4n) is 1.48. The average Bonchev–Trinajstić information content (AvgIpc) is 2.18. The molecule has 14 heavy (non-hydrogen) atoms. The third-order valence-corrected chi connectivity index (χ3v) is 2.57. The molecule has 0 bridgehead atoms. The molecule has 0 fully saturated rings. The first-order valence-electron chi connectivity index (χ1n) is 5.07. The van der Waals surface area contributed by atoms with E-state index in [1.165, 1.54) is 0 Å². The van der Waals surface area contributed by atoms with Crippen molar-refractivity contribution in [3.8, 4) is 0 Å². The van der Waals surface area contributed by atoms with E-state index in [0.717, 1.165) is 17.7 Å². The number of nitrogens with zero attached hydrogens (tertiary/aromatic N) is 1. The van der Waals surface area contributed by atoms with Crippen LogP contribution in [0.15, 0.2) is 24.3 Å². The molecule has 0 aliphatic heterocycles. The van der Waals surface area contributed by atoms with Crippen LogP contribution in [0.3, 0.4) is 0 Å². The second kappa shape index (κ2) is 5.13. The maximum atomic E-state index is 9.96. The molecule has 2 heteroatoms. The van der Waals surface area contributed by atoms with Gasteiger partial charge in [-0.3, -0.25) is 0 Å². The highest BCUT2D eigenvalue weighted by atomic mass is 16.3. The minimum atomic E-state index is -0.374. The molecule has 1 aromatic rings. The molecular weight excluding hydrogens is 174 g/mol. The Balaban J connectivity index is 2.69. The van der Waals surface area contributed by atoms with Crippen LogP contribution in [0.25, 0.3) is 0 Å². The van der Waals surface area contributed by atoms with E-state index in [4.69, 9.17) is 0 Å². The van der Waals surface area contributed by atoms with Gasteiger partial charge >= 0.3 is 0 Å². The first-order valence-corrected chi connectivity index (χ1v) is 5.07. The molecule has 0 heterocycles. The van der Waals surface area contributed by atoms with E-state index in [1.54, 1.807) is 0 Å². The van der Waals surface area contributed by atoms with Crippen LogP contribution in [-0.4, -0.2) is 30.1 Å². The quantitative estimate of drug-likeness (QED) is 0.790. The Bertz CT molecular complexity index is 285. The van der Waals surface area contributed by atoms with Crippen molar-refractivity contribution in [2.75, 3.05) is 20.1 Å². The number of hydrogen-bond acceptors (Lipinski definition) is 2. The first-order chi connectivity index (χ1) is 6.65. The van der Waals surface area contributed by atoms with Gasteiger partial charge in [0.05, 0.1) is 6.10 Å². The average molecular weight is 193 g/mol. The van der Waals surface area contributed by atoms with E-state index in [9.17, 15) is 5.11 Å². The molecular formula is C12H19NO. The lowest BCUT2D eigenvalue weighted by Crippen LogP contribution is -2.24. The number of hydrogen-bond donors (Lipinski definition) is 1. The Morgan fingerprint density at radius 2 is 2.00 bits per heavy atom. The lowest BCUT2D eigenvalue weighted by Gasteiger charge is -2.20. The second-order valence-electron chi connectivity index (χ2n) is 3.73. The summed E-state index contributed by atoms with van der Waals surface area (Å²) in [5, 5.41) is 9.96. The fraction of sp³-hybridized carbons (Fsp3) is 0.500. The SMILES string of the molecule is CCN(C)CC(O)c1ccccc1C. The minimum Gasteiger partial charge on any atom is -0.387 e. The molecule has 0 saturated heterocycles. The lowest BCUT2D eigenvalue weighted by molar-refractivity contribution is 0.129. The van der Waals surface area contributed by atoms with Gasteiger partial charge in [-0.2, -0.15) is 0 Å². The molecule has 1 N–H and O–H groups in total. The van der Waals surface area contributed by atoms with Gasteiger partial charge < -0.3 is 10.0 Å². The molecule has 1 aromatic carbocycles. The summed E-state index contributed by atoms with van der Waals surface area (Å²) in [6.45, 7) is 5.78. The van der Waals surface area contributed by atoms with Gasteiger partial charge in [-0.25, -0.2) is 0 Å². The van der Waals surface area contributed by atoms with E-state index in [-0.39, 0.29) is 6.10 Å². The molecule has 2 nitrogen and oxygen atoms in total. The summed E-state index contributed by atoms with van der Waals surface area (Å²) in [4.78, 5) is 2.11. The van der Waals surface area contributed by atoms with Crippen LogP contribution in [0.2, 0.25) is 0 Å². The number of aryl methyl sites for hydroxylation is 1. The van der Waals surface area contributed by atoms with Crippen LogP contribution in [0.5, 0.6) is 0 Å². The normalized spacial score (nSPS) is 13.2. The Kier molecular flexibility index (Phi) is 4.11. The number of rotatable bonds is 4. The molecule has 0 aromatic heterocycles. The van der Waals surface area contributed by atoms with E-state index < -0.39 is 0 Å². The largest absolute Gasteiger partial charge is 0.387 e. The molecule has 0 radical (unpaired) electrons. The molecule has 1 atom stereocenters. The van der Waals surface area contributed by atoms with Gasteiger partial charge in [0.15, 0.2) is 0 Å². The standard InChI is InChI=1S/C12H19NO/c1-4-13(3)9-12(14)11-8-6-5-7-10(11)2/h5-8,12,14H,4,9H2,1-3H3. The molecule has 0 saturated carbocycles. The molecule has 1 rings (SSSR count). The smallest absolute Gasteiger partial charge is 0.0919 e. The van der Waals surface area contributed by atoms with Gasteiger partial charge in [0, 0.05) is 6.54 Å². The summed E-state index contributed by atoms with van der Waals surface area (Å²) in [5.41, 5.74) is 2.19. The van der Waals surface area contributed by atoms with E-state index in [2.05, 4.69) is 11.8 Å². The van der Waals surface area contributed by atoms with Crippen LogP contribution in [-0.2, 0) is 0 Å². The fourth-order valence-corrected chi connectivity index (χ4v) is 1.48. The summed E-state index contributed by atoms with van der Waals surface area (Å²) >= 11 is 0. The molecule has 78 valence electrons. The maximum absolute atomic E-state index is 9.96. The molecule has 0 spiro atoms. The Labute approximate surface area is 86.2 Å². The second-order valence-corrected chi connectivity index (χ2v) is 3.73. The third-order valence-electron chi connectivity index (χ3n) is 2.57. The van der Waals surface area contributed by atoms with Crippen LogP contribution < -0.4 is 0 Å². The maximum Gasteiger partial charge on any atom is 0.0919 e. The van der Waals surface area contributed by atoms with Gasteiger partial charge in [0.1, 0.15) is 0 Å². The first kappa shape index (κ1) is 11.2. The zero-order valence-corrected chi connectivity index (χ0v) is 9.20. The minimum absolute atomic E-state index is 0.374. The Morgan fingerprint density at radius 3 is 2.57 bits per heavy atom. The van der Waals surface area contributed by atoms with Crippen LogP contribution >= 0.6 is 0 Å². The number of benzene rings is 1. The molecule has 0 aliphatic carbocycles. The number of aliphatic hydroxyl groups excluding tert-OH is 1. The zero-order chi connectivity index (χ0) is 10.6. The van der Waals surface area contributed by atoms with E-state index >= 15 is 0 Å². The van der Waals surface area contributed by atoms with Crippen molar-refractivity contribution >= 4 is 0 Å². The van der Waals surface area contributed by atoms with Crippen molar-refractivity contribution in [3.05, 3.63) is 35.4 Å². The van der Waals surface area contributed by atoms with E-state index in [1.807, 2.05) is 38.2 Å². The highest BCUT2D eigenvalue weighted by molar-refractivity contribution is 5.27. The number of likely N-dealkylation sites (N-methyl/N-ethyl adjacent to an activating group) is 1. The Morgan fingerprint density at radius 1 is 1.36 bits per heavy atom. The highest BCUT2D eigenvalue weighted by Crippen LogP contribution is 2.17. The van der Waals surface area contributed by atoms with Crippen molar-refractivity contribution in [1.29, 1.82) is 0 Å². The van der Waals surface area contributed by atoms with Crippen LogP contribution in [0.4, 0.5) is 0 Å². The summed E-state index contributed by atoms with van der Waals surface area (Å²) in [6, 6.07) is 7.99. The predicted molar refractivity (Wildman–Crippen MR) is 59.3 cm³/mol. The van der Waals surface area contributed by atoms with E-state index in [0.29, 0.717) is 6.54 Å². The monoisotopic (exact) mass is 193 g/mol. The Hall–Kier alpha value is -0.860. The summed E-state index contributed by atoms with van der Waals surface area (Å²) < 4.78 is 0. The van der Waals surface area contributed by atoms with Crippen molar-refractivity contribution in [2.45, 2.75) is 20.0 Å². The zero-order valence-electron chi connectivity index (χ0n) is 9.20. The van der Waals surface area contributed by atoms with Crippen LogP contribution in [0.1, 0.15) is 24.2 Å². The van der Waals surface area contributed by atoms with Crippen molar-refractivity contribution in [3.63, 3.8) is 0 Å².